The lowest BCUT2D eigenvalue weighted by Crippen LogP contribution is -2.45. The van der Waals surface area contributed by atoms with Crippen molar-refractivity contribution in [2.24, 2.45) is 5.73 Å². The first kappa shape index (κ1) is 23.2. The number of amides is 3. The molecule has 2 aliphatic heterocycles. The number of rotatable bonds is 5. The molecular weight excluding hydrogens is 477 g/mol. The van der Waals surface area contributed by atoms with Gasteiger partial charge in [-0.25, -0.2) is 9.07 Å². The standard InChI is InChI=1S/C27H26FN5O4/c1-37-18-9-10-20(19(28)14-18)33-24-22(23(30-33)25(29)35)27(11-12-27)15-32(26(24)36)17-7-5-16(6-8-17)31-13-3-2-4-21(31)34/h5-10,14H,2-4,11-13,15H2,1H3,(H2,29,35). The molecule has 190 valence electrons. The van der Waals surface area contributed by atoms with Gasteiger partial charge in [0.25, 0.3) is 11.8 Å². The second-order valence-corrected chi connectivity index (χ2v) is 9.86. The zero-order valence-corrected chi connectivity index (χ0v) is 20.4. The van der Waals surface area contributed by atoms with Crippen LogP contribution < -0.4 is 20.3 Å². The van der Waals surface area contributed by atoms with Crippen LogP contribution in [0.1, 0.15) is 58.6 Å². The van der Waals surface area contributed by atoms with Gasteiger partial charge in [-0.1, -0.05) is 0 Å². The summed E-state index contributed by atoms with van der Waals surface area (Å²) in [7, 11) is 1.43. The second kappa shape index (κ2) is 8.43. The summed E-state index contributed by atoms with van der Waals surface area (Å²) in [5.74, 6) is -1.39. The summed E-state index contributed by atoms with van der Waals surface area (Å²) in [6.07, 6.45) is 3.89. The molecule has 1 aromatic heterocycles. The number of methoxy groups -OCH3 is 1. The molecule has 1 aliphatic carbocycles. The van der Waals surface area contributed by atoms with E-state index < -0.39 is 23.0 Å². The van der Waals surface area contributed by atoms with Gasteiger partial charge in [-0.05, 0) is 62.1 Å². The number of primary amides is 1. The number of aromatic nitrogens is 2. The fourth-order valence-corrected chi connectivity index (χ4v) is 5.49. The van der Waals surface area contributed by atoms with E-state index >= 15 is 4.39 Å². The summed E-state index contributed by atoms with van der Waals surface area (Å²) in [5.41, 5.74) is 7.28. The van der Waals surface area contributed by atoms with Crippen molar-refractivity contribution in [3.05, 3.63) is 65.2 Å². The van der Waals surface area contributed by atoms with E-state index in [-0.39, 0.29) is 23.0 Å². The van der Waals surface area contributed by atoms with Gasteiger partial charge in [-0.3, -0.25) is 14.4 Å². The van der Waals surface area contributed by atoms with E-state index in [2.05, 4.69) is 5.10 Å². The Kier molecular flexibility index (Phi) is 5.29. The Morgan fingerprint density at radius 2 is 1.76 bits per heavy atom. The maximum atomic E-state index is 15.1. The van der Waals surface area contributed by atoms with E-state index in [0.29, 0.717) is 36.5 Å². The quantitative estimate of drug-likeness (QED) is 0.574. The lowest BCUT2D eigenvalue weighted by atomic mass is 9.88. The van der Waals surface area contributed by atoms with Crippen molar-refractivity contribution < 1.29 is 23.5 Å². The molecule has 0 atom stereocenters. The molecule has 2 fully saturated rings. The van der Waals surface area contributed by atoms with Crippen LogP contribution in [0.4, 0.5) is 15.8 Å². The lowest BCUT2D eigenvalue weighted by Gasteiger charge is -2.34. The third-order valence-electron chi connectivity index (χ3n) is 7.59. The predicted molar refractivity (Wildman–Crippen MR) is 134 cm³/mol. The Labute approximate surface area is 212 Å². The molecule has 9 nitrogen and oxygen atoms in total. The molecule has 1 spiro atoms. The van der Waals surface area contributed by atoms with Gasteiger partial charge in [0.15, 0.2) is 11.5 Å². The number of fused-ring (bicyclic) bond motifs is 2. The summed E-state index contributed by atoms with van der Waals surface area (Å²) in [5, 5.41) is 4.35. The number of carbonyl (C=O) groups is 3. The number of carbonyl (C=O) groups excluding carboxylic acids is 3. The molecule has 2 aromatic carbocycles. The largest absolute Gasteiger partial charge is 0.497 e. The van der Waals surface area contributed by atoms with Gasteiger partial charge in [0, 0.05) is 47.9 Å². The maximum Gasteiger partial charge on any atom is 0.277 e. The SMILES string of the molecule is COc1ccc(-n2nc(C(N)=O)c3c2C(=O)N(c2ccc(N4CCCCC4=O)cc2)CC32CC2)c(F)c1. The van der Waals surface area contributed by atoms with Gasteiger partial charge >= 0.3 is 0 Å². The van der Waals surface area contributed by atoms with Crippen molar-refractivity contribution in [3.8, 4) is 11.4 Å². The number of halogens is 1. The zero-order valence-electron chi connectivity index (χ0n) is 20.4. The van der Waals surface area contributed by atoms with Gasteiger partial charge in [-0.2, -0.15) is 5.10 Å². The summed E-state index contributed by atoms with van der Waals surface area (Å²) < 4.78 is 21.4. The molecular formula is C27H26FN5O4. The van der Waals surface area contributed by atoms with Crippen LogP contribution in [0.25, 0.3) is 5.69 Å². The van der Waals surface area contributed by atoms with Crippen molar-refractivity contribution in [2.75, 3.05) is 30.0 Å². The minimum absolute atomic E-state index is 0.00493. The Bertz CT molecular complexity index is 1440. The number of piperidine rings is 1. The number of benzene rings is 2. The van der Waals surface area contributed by atoms with Crippen LogP contribution in [-0.4, -0.2) is 47.7 Å². The first-order valence-electron chi connectivity index (χ1n) is 12.3. The molecule has 1 saturated carbocycles. The fraction of sp³-hybridized carbons (Fsp3) is 0.333. The van der Waals surface area contributed by atoms with Gasteiger partial charge in [0.05, 0.1) is 7.11 Å². The third kappa shape index (κ3) is 3.66. The highest BCUT2D eigenvalue weighted by molar-refractivity contribution is 6.10. The number of anilines is 2. The maximum absolute atomic E-state index is 15.1. The van der Waals surface area contributed by atoms with Crippen molar-refractivity contribution in [2.45, 2.75) is 37.5 Å². The lowest BCUT2D eigenvalue weighted by molar-refractivity contribution is -0.119. The van der Waals surface area contributed by atoms with Crippen molar-refractivity contribution in [1.29, 1.82) is 0 Å². The summed E-state index contributed by atoms with van der Waals surface area (Å²) >= 11 is 0. The Hall–Kier alpha value is -4.21. The van der Waals surface area contributed by atoms with Gasteiger partial charge < -0.3 is 20.3 Å². The highest BCUT2D eigenvalue weighted by atomic mass is 19.1. The molecule has 37 heavy (non-hydrogen) atoms. The average molecular weight is 504 g/mol. The van der Waals surface area contributed by atoms with E-state index in [1.807, 2.05) is 24.3 Å². The van der Waals surface area contributed by atoms with Crippen molar-refractivity contribution >= 4 is 29.1 Å². The number of hydrogen-bond acceptors (Lipinski definition) is 5. The summed E-state index contributed by atoms with van der Waals surface area (Å²) in [4.78, 5) is 42.1. The van der Waals surface area contributed by atoms with Gasteiger partial charge in [0.2, 0.25) is 5.91 Å². The minimum atomic E-state index is -0.757. The van der Waals surface area contributed by atoms with Crippen LogP contribution >= 0.6 is 0 Å². The molecule has 3 aromatic rings. The minimum Gasteiger partial charge on any atom is -0.497 e. The van der Waals surface area contributed by atoms with Crippen LogP contribution in [0.5, 0.6) is 5.75 Å². The molecule has 2 N–H and O–H groups in total. The molecule has 6 rings (SSSR count). The predicted octanol–water partition coefficient (Wildman–Crippen LogP) is 3.33. The molecule has 0 unspecified atom stereocenters. The molecule has 3 heterocycles. The van der Waals surface area contributed by atoms with E-state index in [1.165, 1.54) is 23.9 Å². The molecule has 0 bridgehead atoms. The smallest absolute Gasteiger partial charge is 0.277 e. The molecule has 1 saturated heterocycles. The topological polar surface area (TPSA) is 111 Å². The second-order valence-electron chi connectivity index (χ2n) is 9.86. The van der Waals surface area contributed by atoms with Crippen LogP contribution in [0.2, 0.25) is 0 Å². The van der Waals surface area contributed by atoms with Crippen LogP contribution in [0.3, 0.4) is 0 Å². The van der Waals surface area contributed by atoms with Gasteiger partial charge in [0.1, 0.15) is 17.1 Å². The fourth-order valence-electron chi connectivity index (χ4n) is 5.49. The van der Waals surface area contributed by atoms with Crippen LogP contribution in [0.15, 0.2) is 42.5 Å². The average Bonchev–Trinajstić information content (AvgIpc) is 3.55. The number of hydrogen-bond donors (Lipinski definition) is 1. The van der Waals surface area contributed by atoms with Crippen LogP contribution in [-0.2, 0) is 10.2 Å². The Morgan fingerprint density at radius 1 is 1.05 bits per heavy atom. The number of nitrogens with zero attached hydrogens (tertiary/aromatic N) is 4. The first-order valence-corrected chi connectivity index (χ1v) is 12.3. The first-order chi connectivity index (χ1) is 17.8. The zero-order chi connectivity index (χ0) is 25.9. The monoisotopic (exact) mass is 503 g/mol. The molecule has 10 heteroatoms. The Morgan fingerprint density at radius 3 is 2.35 bits per heavy atom. The van der Waals surface area contributed by atoms with E-state index in [0.717, 1.165) is 31.4 Å². The van der Waals surface area contributed by atoms with E-state index in [9.17, 15) is 14.4 Å². The van der Waals surface area contributed by atoms with E-state index in [4.69, 9.17) is 10.5 Å². The summed E-state index contributed by atoms with van der Waals surface area (Å²) in [6.45, 7) is 1.04. The number of ether oxygens (including phenoxy) is 1. The third-order valence-corrected chi connectivity index (χ3v) is 7.59. The highest BCUT2D eigenvalue weighted by Gasteiger charge is 2.56. The number of nitrogens with two attached hydrogens (primary N) is 1. The van der Waals surface area contributed by atoms with Crippen molar-refractivity contribution in [1.82, 2.24) is 9.78 Å². The molecule has 3 amide bonds. The van der Waals surface area contributed by atoms with Gasteiger partial charge in [-0.15, -0.1) is 0 Å². The highest BCUT2D eigenvalue weighted by Crippen LogP contribution is 2.54. The van der Waals surface area contributed by atoms with Crippen molar-refractivity contribution in [3.63, 3.8) is 0 Å². The van der Waals surface area contributed by atoms with Crippen LogP contribution in [0, 0.1) is 5.82 Å². The summed E-state index contributed by atoms with van der Waals surface area (Å²) in [6, 6.07) is 11.6. The van der Waals surface area contributed by atoms with E-state index in [1.54, 1.807) is 15.9 Å². The normalized spacial score (nSPS) is 18.2. The molecule has 0 radical (unpaired) electrons. The Balaban J connectivity index is 1.43. The molecule has 3 aliphatic rings.